The van der Waals surface area contributed by atoms with E-state index in [4.69, 9.17) is 4.74 Å². The van der Waals surface area contributed by atoms with Crippen molar-refractivity contribution >= 4 is 27.3 Å². The Hall–Kier alpha value is -2.98. The van der Waals surface area contributed by atoms with Crippen molar-refractivity contribution in [2.75, 3.05) is 25.0 Å². The Morgan fingerprint density at radius 1 is 1.17 bits per heavy atom. The van der Waals surface area contributed by atoms with Crippen LogP contribution in [0.5, 0.6) is 5.75 Å². The van der Waals surface area contributed by atoms with Gasteiger partial charge in [-0.2, -0.15) is 4.31 Å². The van der Waals surface area contributed by atoms with E-state index < -0.39 is 27.5 Å². The SMILES string of the molecule is CCN(CC)S(=O)(=O)c1cccc(NC(=O)COc2cc(C)ccc2[N+](=O)[O-])c1. The largest absolute Gasteiger partial charge is 0.477 e. The summed E-state index contributed by atoms with van der Waals surface area (Å²) in [6.07, 6.45) is 0. The first-order chi connectivity index (χ1) is 13.7. The number of benzene rings is 2. The predicted octanol–water partition coefficient (Wildman–Crippen LogP) is 2.95. The number of sulfonamides is 1. The standard InChI is InChI=1S/C19H23N3O6S/c1-4-21(5-2)29(26,27)16-8-6-7-15(12-16)20-19(23)13-28-18-11-14(3)9-10-17(18)22(24)25/h6-12H,4-5,13H2,1-3H3,(H,20,23). The summed E-state index contributed by atoms with van der Waals surface area (Å²) in [6, 6.07) is 10.3. The molecule has 2 aromatic carbocycles. The van der Waals surface area contributed by atoms with Crippen molar-refractivity contribution in [2.45, 2.75) is 25.7 Å². The number of amides is 1. The number of rotatable bonds is 9. The Balaban J connectivity index is 2.11. The lowest BCUT2D eigenvalue weighted by Crippen LogP contribution is -2.30. The van der Waals surface area contributed by atoms with Crippen LogP contribution in [0.4, 0.5) is 11.4 Å². The summed E-state index contributed by atoms with van der Waals surface area (Å²) in [5.74, 6) is -0.582. The van der Waals surface area contributed by atoms with E-state index in [0.29, 0.717) is 13.1 Å². The first kappa shape index (κ1) is 22.3. The van der Waals surface area contributed by atoms with E-state index in [1.165, 1.54) is 34.6 Å². The fraction of sp³-hybridized carbons (Fsp3) is 0.316. The zero-order chi connectivity index (χ0) is 21.6. The second-order valence-corrected chi connectivity index (χ2v) is 8.12. The first-order valence-corrected chi connectivity index (χ1v) is 10.4. The molecule has 0 heterocycles. The van der Waals surface area contributed by atoms with Gasteiger partial charge < -0.3 is 10.1 Å². The minimum absolute atomic E-state index is 0.0111. The van der Waals surface area contributed by atoms with E-state index >= 15 is 0 Å². The van der Waals surface area contributed by atoms with Gasteiger partial charge in [0, 0.05) is 24.8 Å². The highest BCUT2D eigenvalue weighted by atomic mass is 32.2. The van der Waals surface area contributed by atoms with Crippen molar-refractivity contribution in [1.29, 1.82) is 0 Å². The van der Waals surface area contributed by atoms with E-state index in [-0.39, 0.29) is 22.0 Å². The number of hydrogen-bond donors (Lipinski definition) is 1. The lowest BCUT2D eigenvalue weighted by atomic mass is 10.2. The summed E-state index contributed by atoms with van der Waals surface area (Å²) in [6.45, 7) is 5.44. The topological polar surface area (TPSA) is 119 Å². The lowest BCUT2D eigenvalue weighted by molar-refractivity contribution is -0.385. The van der Waals surface area contributed by atoms with Crippen LogP contribution < -0.4 is 10.1 Å². The molecule has 1 amide bonds. The summed E-state index contributed by atoms with van der Waals surface area (Å²) in [5, 5.41) is 13.6. The van der Waals surface area contributed by atoms with Crippen LogP contribution in [0.3, 0.4) is 0 Å². The molecule has 0 atom stereocenters. The smallest absolute Gasteiger partial charge is 0.310 e. The van der Waals surface area contributed by atoms with Crippen LogP contribution in [0.15, 0.2) is 47.4 Å². The number of nitro benzene ring substituents is 1. The third kappa shape index (κ3) is 5.52. The van der Waals surface area contributed by atoms with Gasteiger partial charge in [0.25, 0.3) is 5.91 Å². The zero-order valence-electron chi connectivity index (χ0n) is 16.4. The maximum absolute atomic E-state index is 12.6. The molecule has 2 aromatic rings. The maximum atomic E-state index is 12.6. The number of anilines is 1. The average Bonchev–Trinajstić information content (AvgIpc) is 2.67. The third-order valence-corrected chi connectivity index (χ3v) is 6.18. The van der Waals surface area contributed by atoms with Crippen molar-refractivity contribution in [3.05, 3.63) is 58.1 Å². The van der Waals surface area contributed by atoms with Gasteiger partial charge in [-0.25, -0.2) is 8.42 Å². The van der Waals surface area contributed by atoms with Gasteiger partial charge in [0.15, 0.2) is 12.4 Å². The molecule has 0 aromatic heterocycles. The predicted molar refractivity (Wildman–Crippen MR) is 109 cm³/mol. The number of carbonyl (C=O) groups excluding carboxylic acids is 1. The summed E-state index contributed by atoms with van der Waals surface area (Å²) in [5.41, 5.74) is 0.793. The number of nitrogens with zero attached hydrogens (tertiary/aromatic N) is 2. The molecule has 0 aliphatic carbocycles. The third-order valence-electron chi connectivity index (χ3n) is 4.13. The molecule has 0 aliphatic rings. The Bertz CT molecular complexity index is 1000. The molecule has 0 saturated carbocycles. The fourth-order valence-corrected chi connectivity index (χ4v) is 4.18. The molecular formula is C19H23N3O6S. The normalized spacial score (nSPS) is 11.3. The van der Waals surface area contributed by atoms with Crippen molar-refractivity contribution in [3.63, 3.8) is 0 Å². The van der Waals surface area contributed by atoms with Gasteiger partial charge in [0.05, 0.1) is 9.82 Å². The Labute approximate surface area is 169 Å². The number of aryl methyl sites for hydroxylation is 1. The van der Waals surface area contributed by atoms with Gasteiger partial charge in [0.2, 0.25) is 10.0 Å². The molecule has 0 fully saturated rings. The lowest BCUT2D eigenvalue weighted by Gasteiger charge is -2.18. The van der Waals surface area contributed by atoms with Crippen LogP contribution in [0, 0.1) is 17.0 Å². The van der Waals surface area contributed by atoms with E-state index in [9.17, 15) is 23.3 Å². The van der Waals surface area contributed by atoms with Crippen LogP contribution in [-0.4, -0.2) is 43.2 Å². The van der Waals surface area contributed by atoms with Crippen LogP contribution in [0.25, 0.3) is 0 Å². The monoisotopic (exact) mass is 421 g/mol. The van der Waals surface area contributed by atoms with Gasteiger partial charge in [-0.15, -0.1) is 0 Å². The summed E-state index contributed by atoms with van der Waals surface area (Å²) >= 11 is 0. The van der Waals surface area contributed by atoms with E-state index in [1.807, 2.05) is 0 Å². The van der Waals surface area contributed by atoms with Crippen molar-refractivity contribution in [2.24, 2.45) is 0 Å². The minimum atomic E-state index is -3.66. The van der Waals surface area contributed by atoms with E-state index in [2.05, 4.69) is 5.32 Å². The molecule has 0 spiro atoms. The van der Waals surface area contributed by atoms with Gasteiger partial charge in [-0.1, -0.05) is 26.0 Å². The van der Waals surface area contributed by atoms with Gasteiger partial charge in [0.1, 0.15) is 0 Å². The van der Waals surface area contributed by atoms with Crippen LogP contribution in [-0.2, 0) is 14.8 Å². The number of nitrogens with one attached hydrogen (secondary N) is 1. The summed E-state index contributed by atoms with van der Waals surface area (Å²) in [4.78, 5) is 22.7. The Kier molecular flexibility index (Phi) is 7.29. The number of hydrogen-bond acceptors (Lipinski definition) is 6. The molecule has 9 nitrogen and oxygen atoms in total. The van der Waals surface area contributed by atoms with Gasteiger partial charge in [-0.05, 0) is 36.8 Å². The molecule has 0 saturated heterocycles. The summed E-state index contributed by atoms with van der Waals surface area (Å²) in [7, 11) is -3.66. The molecule has 2 rings (SSSR count). The highest BCUT2D eigenvalue weighted by Crippen LogP contribution is 2.27. The number of carbonyl (C=O) groups is 1. The molecular weight excluding hydrogens is 398 g/mol. The van der Waals surface area contributed by atoms with Crippen LogP contribution in [0.2, 0.25) is 0 Å². The van der Waals surface area contributed by atoms with Gasteiger partial charge in [-0.3, -0.25) is 14.9 Å². The van der Waals surface area contributed by atoms with Crippen LogP contribution >= 0.6 is 0 Å². The van der Waals surface area contributed by atoms with E-state index in [0.717, 1.165) is 5.56 Å². The minimum Gasteiger partial charge on any atom is -0.477 e. The van der Waals surface area contributed by atoms with E-state index in [1.54, 1.807) is 32.9 Å². The second-order valence-electron chi connectivity index (χ2n) is 6.18. The number of ether oxygens (including phenoxy) is 1. The number of nitro groups is 1. The molecule has 156 valence electrons. The molecule has 1 N–H and O–H groups in total. The zero-order valence-corrected chi connectivity index (χ0v) is 17.2. The van der Waals surface area contributed by atoms with Crippen molar-refractivity contribution in [3.8, 4) is 5.75 Å². The van der Waals surface area contributed by atoms with Crippen LogP contribution in [0.1, 0.15) is 19.4 Å². The van der Waals surface area contributed by atoms with Crippen molar-refractivity contribution < 1.29 is 22.9 Å². The molecule has 0 bridgehead atoms. The quantitative estimate of drug-likeness (QED) is 0.491. The Morgan fingerprint density at radius 3 is 2.48 bits per heavy atom. The fourth-order valence-electron chi connectivity index (χ4n) is 2.68. The molecule has 0 aliphatic heterocycles. The highest BCUT2D eigenvalue weighted by Gasteiger charge is 2.22. The van der Waals surface area contributed by atoms with Gasteiger partial charge >= 0.3 is 5.69 Å². The summed E-state index contributed by atoms with van der Waals surface area (Å²) < 4.78 is 31.8. The average molecular weight is 421 g/mol. The first-order valence-electron chi connectivity index (χ1n) is 8.97. The molecule has 0 unspecified atom stereocenters. The second kappa shape index (κ2) is 9.48. The molecule has 10 heteroatoms. The highest BCUT2D eigenvalue weighted by molar-refractivity contribution is 7.89. The maximum Gasteiger partial charge on any atom is 0.310 e. The molecule has 0 radical (unpaired) electrons. The molecule has 29 heavy (non-hydrogen) atoms. The Morgan fingerprint density at radius 2 is 1.86 bits per heavy atom. The van der Waals surface area contributed by atoms with Crippen molar-refractivity contribution in [1.82, 2.24) is 4.31 Å².